The third-order valence-electron chi connectivity index (χ3n) is 6.26. The summed E-state index contributed by atoms with van der Waals surface area (Å²) in [7, 11) is 0. The van der Waals surface area contributed by atoms with Gasteiger partial charge in [0, 0.05) is 19.0 Å². The molecule has 1 saturated carbocycles. The second kappa shape index (κ2) is 9.75. The third kappa shape index (κ3) is 5.39. The van der Waals surface area contributed by atoms with Crippen molar-refractivity contribution in [3.05, 3.63) is 71.3 Å². The highest BCUT2D eigenvalue weighted by Gasteiger charge is 2.36. The van der Waals surface area contributed by atoms with Crippen molar-refractivity contribution in [1.29, 1.82) is 0 Å². The first-order valence-corrected chi connectivity index (χ1v) is 10.5. The zero-order chi connectivity index (χ0) is 19.5. The van der Waals surface area contributed by atoms with Gasteiger partial charge in [0.15, 0.2) is 0 Å². The molecule has 1 aliphatic carbocycles. The van der Waals surface area contributed by atoms with Gasteiger partial charge < -0.3 is 11.1 Å². The van der Waals surface area contributed by atoms with Crippen molar-refractivity contribution in [2.45, 2.75) is 31.7 Å². The zero-order valence-electron chi connectivity index (χ0n) is 17.1. The molecule has 5 heteroatoms. The van der Waals surface area contributed by atoms with Crippen LogP contribution in [0.2, 0.25) is 0 Å². The van der Waals surface area contributed by atoms with Crippen molar-refractivity contribution in [1.82, 2.24) is 10.2 Å². The summed E-state index contributed by atoms with van der Waals surface area (Å²) >= 11 is 0. The Morgan fingerprint density at radius 3 is 2.41 bits per heavy atom. The number of hydrogen-bond acceptors (Lipinski definition) is 3. The molecule has 156 valence electrons. The molecule has 1 unspecified atom stereocenters. The Morgan fingerprint density at radius 2 is 1.79 bits per heavy atom. The molecular formula is C24H32ClN3O. The predicted molar refractivity (Wildman–Crippen MR) is 120 cm³/mol. The summed E-state index contributed by atoms with van der Waals surface area (Å²) in [6, 6.07) is 19.3. The predicted octanol–water partition coefficient (Wildman–Crippen LogP) is 3.66. The highest BCUT2D eigenvalue weighted by atomic mass is 35.5. The van der Waals surface area contributed by atoms with E-state index < -0.39 is 0 Å². The lowest BCUT2D eigenvalue weighted by molar-refractivity contribution is -0.123. The highest BCUT2D eigenvalue weighted by molar-refractivity contribution is 5.85. The second-order valence-corrected chi connectivity index (χ2v) is 8.50. The Bertz CT molecular complexity index is 792. The number of aryl methyl sites for hydroxylation is 1. The summed E-state index contributed by atoms with van der Waals surface area (Å²) in [5.41, 5.74) is 9.85. The van der Waals surface area contributed by atoms with Crippen molar-refractivity contribution < 1.29 is 4.79 Å². The normalized spacial score (nSPS) is 22.7. The first kappa shape index (κ1) is 21.8. The second-order valence-electron chi connectivity index (χ2n) is 8.50. The molecular weight excluding hydrogens is 382 g/mol. The Morgan fingerprint density at radius 1 is 1.10 bits per heavy atom. The van der Waals surface area contributed by atoms with E-state index in [2.05, 4.69) is 65.7 Å². The molecule has 1 aliphatic heterocycles. The minimum atomic E-state index is 0. The van der Waals surface area contributed by atoms with Crippen LogP contribution in [0, 0.1) is 18.8 Å². The number of nitrogens with two attached hydrogens (primary N) is 1. The Kier molecular flexibility index (Phi) is 7.33. The molecule has 3 N–H and O–H groups in total. The minimum Gasteiger partial charge on any atom is -0.348 e. The Balaban J connectivity index is 0.00000240. The van der Waals surface area contributed by atoms with Crippen molar-refractivity contribution in [2.75, 3.05) is 26.2 Å². The van der Waals surface area contributed by atoms with Gasteiger partial charge in [-0.05, 0) is 49.3 Å². The quantitative estimate of drug-likeness (QED) is 0.728. The van der Waals surface area contributed by atoms with Gasteiger partial charge in [0.05, 0.1) is 12.6 Å². The average Bonchev–Trinajstić information content (AvgIpc) is 3.48. The monoisotopic (exact) mass is 413 g/mol. The standard InChI is InChI=1S/C24H31N3O.ClH/c1-17-7-9-19(10-8-17)24(20-11-12-20)26-23(28)16-27-14-21(13-25)22(15-27)18-5-3-2-4-6-18;/h2-10,20-22,24H,11-16,25H2,1H3,(H,26,28);1H/t21-,22+,24?;/m1./s1. The number of amides is 1. The fraction of sp³-hybridized carbons (Fsp3) is 0.458. The van der Waals surface area contributed by atoms with Crippen LogP contribution in [0.4, 0.5) is 0 Å². The Labute approximate surface area is 180 Å². The number of benzene rings is 2. The molecule has 2 aromatic carbocycles. The molecule has 0 spiro atoms. The first-order chi connectivity index (χ1) is 13.6. The van der Waals surface area contributed by atoms with Crippen LogP contribution in [-0.4, -0.2) is 37.0 Å². The summed E-state index contributed by atoms with van der Waals surface area (Å²) < 4.78 is 0. The smallest absolute Gasteiger partial charge is 0.234 e. The molecule has 0 bridgehead atoms. The van der Waals surface area contributed by atoms with Crippen LogP contribution in [0.1, 0.15) is 41.5 Å². The van der Waals surface area contributed by atoms with E-state index in [9.17, 15) is 4.79 Å². The number of likely N-dealkylation sites (tertiary alicyclic amines) is 1. The van der Waals surface area contributed by atoms with Crippen LogP contribution in [0.15, 0.2) is 54.6 Å². The van der Waals surface area contributed by atoms with Gasteiger partial charge in [-0.25, -0.2) is 0 Å². The summed E-state index contributed by atoms with van der Waals surface area (Å²) in [5, 5.41) is 3.32. The number of nitrogens with one attached hydrogen (secondary N) is 1. The molecule has 1 amide bonds. The van der Waals surface area contributed by atoms with Gasteiger partial charge in [-0.2, -0.15) is 0 Å². The molecule has 2 aliphatic rings. The summed E-state index contributed by atoms with van der Waals surface area (Å²) in [5.74, 6) is 1.53. The molecule has 29 heavy (non-hydrogen) atoms. The molecule has 2 aromatic rings. The van der Waals surface area contributed by atoms with Crippen LogP contribution in [0.5, 0.6) is 0 Å². The molecule has 0 aromatic heterocycles. The van der Waals surface area contributed by atoms with Crippen LogP contribution in [0.25, 0.3) is 0 Å². The first-order valence-electron chi connectivity index (χ1n) is 10.5. The maximum Gasteiger partial charge on any atom is 0.234 e. The number of rotatable bonds is 7. The lowest BCUT2D eigenvalue weighted by atomic mass is 9.89. The van der Waals surface area contributed by atoms with E-state index in [4.69, 9.17) is 5.73 Å². The van der Waals surface area contributed by atoms with Gasteiger partial charge in [0.1, 0.15) is 0 Å². The average molecular weight is 414 g/mol. The van der Waals surface area contributed by atoms with Crippen LogP contribution in [-0.2, 0) is 4.79 Å². The Hall–Kier alpha value is -1.88. The number of hydrogen-bond donors (Lipinski definition) is 2. The summed E-state index contributed by atoms with van der Waals surface area (Å²) in [6.45, 7) is 5.00. The molecule has 1 saturated heterocycles. The molecule has 1 heterocycles. The van der Waals surface area contributed by atoms with Crippen LogP contribution < -0.4 is 11.1 Å². The fourth-order valence-corrected chi connectivity index (χ4v) is 4.51. The fourth-order valence-electron chi connectivity index (χ4n) is 4.51. The van der Waals surface area contributed by atoms with E-state index in [0.29, 0.717) is 30.8 Å². The van der Waals surface area contributed by atoms with Crippen molar-refractivity contribution in [3.63, 3.8) is 0 Å². The largest absolute Gasteiger partial charge is 0.348 e. The summed E-state index contributed by atoms with van der Waals surface area (Å²) in [6.07, 6.45) is 2.40. The van der Waals surface area contributed by atoms with Crippen LogP contribution >= 0.6 is 12.4 Å². The van der Waals surface area contributed by atoms with Gasteiger partial charge in [0.2, 0.25) is 5.91 Å². The lowest BCUT2D eigenvalue weighted by Gasteiger charge is -2.22. The highest BCUT2D eigenvalue weighted by Crippen LogP contribution is 2.41. The van der Waals surface area contributed by atoms with Crippen molar-refractivity contribution in [3.8, 4) is 0 Å². The van der Waals surface area contributed by atoms with Crippen LogP contribution in [0.3, 0.4) is 0 Å². The van der Waals surface area contributed by atoms with Gasteiger partial charge in [-0.1, -0.05) is 60.2 Å². The number of carbonyl (C=O) groups is 1. The van der Waals surface area contributed by atoms with E-state index >= 15 is 0 Å². The topological polar surface area (TPSA) is 58.4 Å². The van der Waals surface area contributed by atoms with Crippen molar-refractivity contribution >= 4 is 18.3 Å². The molecule has 4 nitrogen and oxygen atoms in total. The van der Waals surface area contributed by atoms with E-state index in [1.165, 1.54) is 29.5 Å². The van der Waals surface area contributed by atoms with E-state index in [1.807, 2.05) is 6.07 Å². The van der Waals surface area contributed by atoms with Gasteiger partial charge >= 0.3 is 0 Å². The number of halogens is 1. The third-order valence-corrected chi connectivity index (χ3v) is 6.26. The lowest BCUT2D eigenvalue weighted by Crippen LogP contribution is -2.39. The molecule has 0 radical (unpaired) electrons. The molecule has 4 rings (SSSR count). The van der Waals surface area contributed by atoms with Gasteiger partial charge in [0.25, 0.3) is 0 Å². The van der Waals surface area contributed by atoms with E-state index in [1.54, 1.807) is 0 Å². The van der Waals surface area contributed by atoms with Gasteiger partial charge in [-0.3, -0.25) is 9.69 Å². The number of carbonyl (C=O) groups excluding carboxylic acids is 1. The van der Waals surface area contributed by atoms with Gasteiger partial charge in [-0.15, -0.1) is 12.4 Å². The molecule has 2 fully saturated rings. The number of nitrogens with zero attached hydrogens (tertiary/aromatic N) is 1. The maximum atomic E-state index is 12.8. The summed E-state index contributed by atoms with van der Waals surface area (Å²) in [4.78, 5) is 15.1. The molecule has 3 atom stereocenters. The van der Waals surface area contributed by atoms with Crippen molar-refractivity contribution in [2.24, 2.45) is 17.6 Å². The van der Waals surface area contributed by atoms with E-state index in [0.717, 1.165) is 13.1 Å². The van der Waals surface area contributed by atoms with E-state index in [-0.39, 0.29) is 24.4 Å². The minimum absolute atomic E-state index is 0. The maximum absolute atomic E-state index is 12.8. The zero-order valence-corrected chi connectivity index (χ0v) is 17.9. The SMILES string of the molecule is Cc1ccc(C(NC(=O)CN2C[C@@H](CN)[C@H](c3ccccc3)C2)C2CC2)cc1.Cl.